The molecule has 2 atom stereocenters. The molecule has 4 nitrogen and oxygen atoms in total. The van der Waals surface area contributed by atoms with Gasteiger partial charge in [0, 0.05) is 36.8 Å². The number of fused-ring (bicyclic) bond motifs is 1. The van der Waals surface area contributed by atoms with Crippen LogP contribution in [0.25, 0.3) is 0 Å². The molecule has 3 aliphatic rings. The summed E-state index contributed by atoms with van der Waals surface area (Å²) in [5, 5.41) is 0. The number of carbonyl (C=O) groups is 2. The van der Waals surface area contributed by atoms with Crippen LogP contribution in [0, 0.1) is 0 Å². The van der Waals surface area contributed by atoms with Gasteiger partial charge < -0.3 is 9.47 Å². The van der Waals surface area contributed by atoms with Crippen molar-refractivity contribution in [2.45, 2.75) is 38.5 Å². The lowest BCUT2D eigenvalue weighted by molar-refractivity contribution is -0.133. The van der Waals surface area contributed by atoms with Crippen molar-refractivity contribution in [1.29, 1.82) is 0 Å². The van der Waals surface area contributed by atoms with E-state index in [9.17, 15) is 9.59 Å². The van der Waals surface area contributed by atoms with Gasteiger partial charge in [0.15, 0.2) is 0 Å². The molecular formula is C16H16O4. The Hall–Kier alpha value is -2.10. The molecule has 0 aromatic heterocycles. The van der Waals surface area contributed by atoms with Crippen molar-refractivity contribution < 1.29 is 19.1 Å². The Bertz CT molecular complexity index is 562. The number of rotatable bonds is 2. The van der Waals surface area contributed by atoms with Gasteiger partial charge in [0.2, 0.25) is 0 Å². The second kappa shape index (κ2) is 4.78. The molecule has 104 valence electrons. The third-order valence-corrected chi connectivity index (χ3v) is 3.82. The number of benzene rings is 1. The van der Waals surface area contributed by atoms with E-state index in [0.29, 0.717) is 11.5 Å². The van der Waals surface area contributed by atoms with Crippen LogP contribution < -0.4 is 9.47 Å². The fourth-order valence-corrected chi connectivity index (χ4v) is 3.15. The van der Waals surface area contributed by atoms with Gasteiger partial charge in [0.05, 0.1) is 0 Å². The SMILES string of the molecule is CC(=O)Oc1ccc(OC(C)=O)c2c1C1C=CC2CC1. The fourth-order valence-electron chi connectivity index (χ4n) is 3.15. The zero-order valence-corrected chi connectivity index (χ0v) is 11.5. The molecule has 0 saturated carbocycles. The number of hydrogen-bond acceptors (Lipinski definition) is 4. The maximum atomic E-state index is 11.2. The molecule has 1 aromatic rings. The largest absolute Gasteiger partial charge is 0.426 e. The smallest absolute Gasteiger partial charge is 0.308 e. The van der Waals surface area contributed by atoms with Crippen molar-refractivity contribution in [3.05, 3.63) is 35.4 Å². The highest BCUT2D eigenvalue weighted by Gasteiger charge is 2.34. The lowest BCUT2D eigenvalue weighted by atomic mass is 9.71. The van der Waals surface area contributed by atoms with Gasteiger partial charge in [-0.2, -0.15) is 0 Å². The highest BCUT2D eigenvalue weighted by molar-refractivity contribution is 5.73. The van der Waals surface area contributed by atoms with E-state index in [1.54, 1.807) is 12.1 Å². The third-order valence-electron chi connectivity index (χ3n) is 3.82. The van der Waals surface area contributed by atoms with Crippen LogP contribution in [0.2, 0.25) is 0 Å². The number of hydrogen-bond donors (Lipinski definition) is 0. The second-order valence-electron chi connectivity index (χ2n) is 5.25. The molecule has 0 heterocycles. The quantitative estimate of drug-likeness (QED) is 0.471. The van der Waals surface area contributed by atoms with Crippen LogP contribution >= 0.6 is 0 Å². The number of ether oxygens (including phenoxy) is 2. The summed E-state index contributed by atoms with van der Waals surface area (Å²) in [6.45, 7) is 2.78. The first-order chi connectivity index (χ1) is 9.56. The average molecular weight is 272 g/mol. The van der Waals surface area contributed by atoms with Gasteiger partial charge in [-0.05, 0) is 25.0 Å². The summed E-state index contributed by atoms with van der Waals surface area (Å²) in [6, 6.07) is 3.43. The van der Waals surface area contributed by atoms with Crippen molar-refractivity contribution in [2.24, 2.45) is 0 Å². The normalized spacial score (nSPS) is 22.3. The lowest BCUT2D eigenvalue weighted by Crippen LogP contribution is -2.21. The van der Waals surface area contributed by atoms with Crippen LogP contribution in [0.1, 0.15) is 49.7 Å². The van der Waals surface area contributed by atoms with Crippen LogP contribution in [0.15, 0.2) is 24.3 Å². The molecule has 0 saturated heterocycles. The van der Waals surface area contributed by atoms with Crippen molar-refractivity contribution >= 4 is 11.9 Å². The zero-order chi connectivity index (χ0) is 14.3. The van der Waals surface area contributed by atoms with Crippen LogP contribution in [-0.2, 0) is 9.59 Å². The van der Waals surface area contributed by atoms with Crippen LogP contribution in [0.3, 0.4) is 0 Å². The first kappa shape index (κ1) is 12.9. The summed E-state index contributed by atoms with van der Waals surface area (Å²) in [5.74, 6) is 0.973. The maximum Gasteiger partial charge on any atom is 0.308 e. The highest BCUT2D eigenvalue weighted by atomic mass is 16.5. The van der Waals surface area contributed by atoms with Crippen molar-refractivity contribution in [3.8, 4) is 11.5 Å². The molecule has 4 heteroatoms. The Morgan fingerprint density at radius 2 is 1.30 bits per heavy atom. The molecule has 3 aliphatic carbocycles. The minimum absolute atomic E-state index is 0.236. The molecule has 1 aromatic carbocycles. The van der Waals surface area contributed by atoms with E-state index in [2.05, 4.69) is 12.2 Å². The van der Waals surface area contributed by atoms with Gasteiger partial charge >= 0.3 is 11.9 Å². The molecule has 0 spiro atoms. The Balaban J connectivity index is 2.13. The first-order valence-electron chi connectivity index (χ1n) is 6.78. The molecule has 0 radical (unpaired) electrons. The Kier molecular flexibility index (Phi) is 3.08. The molecule has 0 aliphatic heterocycles. The van der Waals surface area contributed by atoms with Crippen molar-refractivity contribution in [2.75, 3.05) is 0 Å². The first-order valence-corrected chi connectivity index (χ1v) is 6.78. The van der Waals surface area contributed by atoms with Gasteiger partial charge in [-0.15, -0.1) is 0 Å². The zero-order valence-electron chi connectivity index (χ0n) is 11.5. The Labute approximate surface area is 117 Å². The van der Waals surface area contributed by atoms with Gasteiger partial charge in [-0.1, -0.05) is 12.2 Å². The fraction of sp³-hybridized carbons (Fsp3) is 0.375. The molecule has 4 rings (SSSR count). The molecule has 0 amide bonds. The summed E-state index contributed by atoms with van der Waals surface area (Å²) in [4.78, 5) is 22.5. The predicted molar refractivity (Wildman–Crippen MR) is 72.9 cm³/mol. The van der Waals surface area contributed by atoms with E-state index < -0.39 is 0 Å². The van der Waals surface area contributed by atoms with E-state index in [0.717, 1.165) is 24.0 Å². The third kappa shape index (κ3) is 2.11. The molecule has 0 N–H and O–H groups in total. The number of allylic oxidation sites excluding steroid dienone is 2. The van der Waals surface area contributed by atoms with E-state index in [4.69, 9.17) is 9.47 Å². The van der Waals surface area contributed by atoms with Crippen LogP contribution in [0.5, 0.6) is 11.5 Å². The predicted octanol–water partition coefficient (Wildman–Crippen LogP) is 3.07. The molecule has 0 fully saturated rings. The monoisotopic (exact) mass is 272 g/mol. The number of carbonyl (C=O) groups excluding carboxylic acids is 2. The van der Waals surface area contributed by atoms with E-state index in [-0.39, 0.29) is 23.8 Å². The van der Waals surface area contributed by atoms with Crippen molar-refractivity contribution in [1.82, 2.24) is 0 Å². The number of esters is 2. The van der Waals surface area contributed by atoms with E-state index in [1.807, 2.05) is 0 Å². The minimum Gasteiger partial charge on any atom is -0.426 e. The molecule has 20 heavy (non-hydrogen) atoms. The maximum absolute atomic E-state index is 11.2. The Morgan fingerprint density at radius 3 is 1.60 bits per heavy atom. The van der Waals surface area contributed by atoms with E-state index in [1.165, 1.54) is 13.8 Å². The van der Waals surface area contributed by atoms with Gasteiger partial charge in [-0.25, -0.2) is 0 Å². The average Bonchev–Trinajstić information content (AvgIpc) is 2.41. The molecule has 2 unspecified atom stereocenters. The molecule has 2 bridgehead atoms. The van der Waals surface area contributed by atoms with Crippen LogP contribution in [0.4, 0.5) is 0 Å². The summed E-state index contributed by atoms with van der Waals surface area (Å²) in [5.41, 5.74) is 2.00. The Morgan fingerprint density at radius 1 is 0.900 bits per heavy atom. The minimum atomic E-state index is -0.335. The standard InChI is InChI=1S/C16H16O4/c1-9(17)19-13-7-8-14(20-10(2)18)16-12-5-3-11(4-6-12)15(13)16/h3,5,7-8,11-12H,4,6H2,1-2H3. The van der Waals surface area contributed by atoms with Gasteiger partial charge in [0.25, 0.3) is 0 Å². The van der Waals surface area contributed by atoms with Crippen molar-refractivity contribution in [3.63, 3.8) is 0 Å². The summed E-state index contributed by atoms with van der Waals surface area (Å²) < 4.78 is 10.6. The second-order valence-corrected chi connectivity index (χ2v) is 5.25. The van der Waals surface area contributed by atoms with Crippen LogP contribution in [-0.4, -0.2) is 11.9 Å². The van der Waals surface area contributed by atoms with Gasteiger partial charge in [-0.3, -0.25) is 9.59 Å². The highest BCUT2D eigenvalue weighted by Crippen LogP contribution is 2.52. The topological polar surface area (TPSA) is 52.6 Å². The van der Waals surface area contributed by atoms with Gasteiger partial charge in [0.1, 0.15) is 11.5 Å². The summed E-state index contributed by atoms with van der Waals surface area (Å²) >= 11 is 0. The van der Waals surface area contributed by atoms with E-state index >= 15 is 0 Å². The summed E-state index contributed by atoms with van der Waals surface area (Å²) in [6.07, 6.45) is 6.37. The summed E-state index contributed by atoms with van der Waals surface area (Å²) in [7, 11) is 0. The molecular weight excluding hydrogens is 256 g/mol. The lowest BCUT2D eigenvalue weighted by Gasteiger charge is -2.35.